The summed E-state index contributed by atoms with van der Waals surface area (Å²) < 4.78 is 0.833. The van der Waals surface area contributed by atoms with Crippen molar-refractivity contribution in [1.29, 1.82) is 0 Å². The topological polar surface area (TPSA) is 26.0 Å². The van der Waals surface area contributed by atoms with E-state index in [9.17, 15) is 0 Å². The molecule has 0 bridgehead atoms. The lowest BCUT2D eigenvalue weighted by Gasteiger charge is -2.27. The van der Waals surface area contributed by atoms with Crippen molar-refractivity contribution in [3.8, 4) is 0 Å². The number of nitrogens with zero attached hydrogens (tertiary/aromatic N) is 1. The van der Waals surface area contributed by atoms with Crippen molar-refractivity contribution in [3.63, 3.8) is 0 Å². The van der Waals surface area contributed by atoms with E-state index >= 15 is 0 Å². The fourth-order valence-electron chi connectivity index (χ4n) is 0. The summed E-state index contributed by atoms with van der Waals surface area (Å²) >= 11 is 0. The maximum absolute atomic E-state index is 5.54. The van der Waals surface area contributed by atoms with Crippen LogP contribution in [-0.4, -0.2) is 31.8 Å². The molecule has 1 atom stereocenters. The third-order valence-corrected chi connectivity index (χ3v) is 1.22. The largest absolute Gasteiger partial charge is 1.00 e. The van der Waals surface area contributed by atoms with E-state index in [1.54, 1.807) is 0 Å². The van der Waals surface area contributed by atoms with E-state index in [0.29, 0.717) is 0 Å². The Labute approximate surface area is 68.7 Å². The minimum atomic E-state index is 0. The first-order valence-electron chi connectivity index (χ1n) is 2.51. The lowest BCUT2D eigenvalue weighted by Crippen LogP contribution is -3.00. The van der Waals surface area contributed by atoms with Crippen LogP contribution in [0.5, 0.6) is 0 Å². The van der Waals surface area contributed by atoms with Gasteiger partial charge >= 0.3 is 0 Å². The molecule has 8 heavy (non-hydrogen) atoms. The highest BCUT2D eigenvalue weighted by atomic mass is 127. The molecule has 0 amide bonds. The van der Waals surface area contributed by atoms with Crippen LogP contribution in [0.4, 0.5) is 0 Å². The van der Waals surface area contributed by atoms with Crippen LogP contribution < -0.4 is 29.7 Å². The van der Waals surface area contributed by atoms with Gasteiger partial charge in [0.1, 0.15) is 6.17 Å². The second-order valence-corrected chi connectivity index (χ2v) is 2.86. The van der Waals surface area contributed by atoms with Crippen molar-refractivity contribution < 1.29 is 28.5 Å². The molecule has 0 aliphatic heterocycles. The average Bonchev–Trinajstić information content (AvgIpc) is 1.31. The summed E-state index contributed by atoms with van der Waals surface area (Å²) in [7, 11) is 6.22. The molecule has 0 saturated carbocycles. The van der Waals surface area contributed by atoms with Gasteiger partial charge in [-0.15, -0.1) is 0 Å². The van der Waals surface area contributed by atoms with E-state index in [1.807, 2.05) is 6.92 Å². The van der Waals surface area contributed by atoms with E-state index in [2.05, 4.69) is 21.1 Å². The van der Waals surface area contributed by atoms with Gasteiger partial charge in [-0.3, -0.25) is 5.73 Å². The van der Waals surface area contributed by atoms with Crippen LogP contribution in [0.3, 0.4) is 0 Å². The molecule has 3 heteroatoms. The number of hydrogen-bond acceptors (Lipinski definition) is 1. The molecule has 1 unspecified atom stereocenters. The second kappa shape index (κ2) is 3.63. The molecule has 52 valence electrons. The van der Waals surface area contributed by atoms with Gasteiger partial charge in [-0.2, -0.15) is 0 Å². The van der Waals surface area contributed by atoms with Crippen LogP contribution in [0, 0.1) is 0 Å². The molecule has 0 aliphatic carbocycles. The van der Waals surface area contributed by atoms with Crippen molar-refractivity contribution in [3.05, 3.63) is 0 Å². The van der Waals surface area contributed by atoms with Crippen LogP contribution in [-0.2, 0) is 0 Å². The summed E-state index contributed by atoms with van der Waals surface area (Å²) in [6, 6.07) is 0. The summed E-state index contributed by atoms with van der Waals surface area (Å²) in [6.45, 7) is 2.00. The lowest BCUT2D eigenvalue weighted by atomic mass is 10.5. The summed E-state index contributed by atoms with van der Waals surface area (Å²) in [5.41, 5.74) is 5.54. The van der Waals surface area contributed by atoms with Crippen molar-refractivity contribution in [2.24, 2.45) is 5.73 Å². The van der Waals surface area contributed by atoms with Gasteiger partial charge in [-0.1, -0.05) is 0 Å². The summed E-state index contributed by atoms with van der Waals surface area (Å²) in [4.78, 5) is 0. The first-order valence-corrected chi connectivity index (χ1v) is 2.51. The first kappa shape index (κ1) is 11.4. The molecule has 0 fully saturated rings. The fraction of sp³-hybridized carbons (Fsp3) is 1.00. The second-order valence-electron chi connectivity index (χ2n) is 2.86. The Bertz CT molecular complexity index is 55.9. The van der Waals surface area contributed by atoms with Gasteiger partial charge in [0.2, 0.25) is 0 Å². The normalized spacial score (nSPS) is 14.6. The molecule has 0 aromatic carbocycles. The highest BCUT2D eigenvalue weighted by Gasteiger charge is 2.10. The monoisotopic (exact) mass is 230 g/mol. The van der Waals surface area contributed by atoms with Crippen LogP contribution in [0.2, 0.25) is 0 Å². The Morgan fingerprint density at radius 1 is 1.25 bits per heavy atom. The predicted molar refractivity (Wildman–Crippen MR) is 31.7 cm³/mol. The van der Waals surface area contributed by atoms with Gasteiger partial charge in [0.15, 0.2) is 0 Å². The van der Waals surface area contributed by atoms with E-state index in [0.717, 1.165) is 4.48 Å². The van der Waals surface area contributed by atoms with Gasteiger partial charge in [-0.05, 0) is 0 Å². The molecule has 0 radical (unpaired) electrons. The summed E-state index contributed by atoms with van der Waals surface area (Å²) in [6.07, 6.45) is 0.236. The molecule has 0 aromatic heterocycles. The predicted octanol–water partition coefficient (Wildman–Crippen LogP) is -3.00. The smallest absolute Gasteiger partial charge is 0.136 e. The third kappa shape index (κ3) is 4.80. The zero-order chi connectivity index (χ0) is 6.08. The molecule has 0 spiro atoms. The van der Waals surface area contributed by atoms with E-state index in [1.165, 1.54) is 0 Å². The van der Waals surface area contributed by atoms with Crippen molar-refractivity contribution in [1.82, 2.24) is 0 Å². The van der Waals surface area contributed by atoms with Crippen molar-refractivity contribution >= 4 is 0 Å². The van der Waals surface area contributed by atoms with Crippen molar-refractivity contribution in [2.75, 3.05) is 21.1 Å². The zero-order valence-electron chi connectivity index (χ0n) is 5.98. The average molecular weight is 230 g/mol. The van der Waals surface area contributed by atoms with Crippen LogP contribution >= 0.6 is 0 Å². The molecule has 0 aliphatic rings. The van der Waals surface area contributed by atoms with E-state index in [-0.39, 0.29) is 30.1 Å². The number of halogens is 1. The molecule has 0 saturated heterocycles. The number of hydrogen-bond donors (Lipinski definition) is 1. The van der Waals surface area contributed by atoms with Gasteiger partial charge < -0.3 is 28.5 Å². The Hall–Kier alpha value is 0.650. The minimum absolute atomic E-state index is 0. The van der Waals surface area contributed by atoms with Crippen LogP contribution in [0.1, 0.15) is 6.92 Å². The van der Waals surface area contributed by atoms with Crippen LogP contribution in [0.25, 0.3) is 0 Å². The van der Waals surface area contributed by atoms with E-state index in [4.69, 9.17) is 5.73 Å². The number of rotatable bonds is 1. The van der Waals surface area contributed by atoms with Gasteiger partial charge in [0.05, 0.1) is 21.1 Å². The van der Waals surface area contributed by atoms with Gasteiger partial charge in [0.25, 0.3) is 0 Å². The Balaban J connectivity index is 0. The maximum Gasteiger partial charge on any atom is 0.136 e. The molecular formula is C5H15IN2. The zero-order valence-corrected chi connectivity index (χ0v) is 8.14. The lowest BCUT2D eigenvalue weighted by molar-refractivity contribution is -0.893. The highest BCUT2D eigenvalue weighted by molar-refractivity contribution is 4.28. The fourth-order valence-corrected chi connectivity index (χ4v) is 0. The quantitative estimate of drug-likeness (QED) is 0.290. The molecule has 0 heterocycles. The number of nitrogens with two attached hydrogens (primary N) is 1. The number of quaternary nitrogens is 1. The molecule has 0 rings (SSSR count). The molecule has 2 N–H and O–H groups in total. The van der Waals surface area contributed by atoms with Crippen molar-refractivity contribution in [2.45, 2.75) is 13.1 Å². The molecule has 0 aromatic rings. The molecule has 2 nitrogen and oxygen atoms in total. The first-order chi connectivity index (χ1) is 2.94. The van der Waals surface area contributed by atoms with Crippen LogP contribution in [0.15, 0.2) is 0 Å². The Morgan fingerprint density at radius 3 is 1.38 bits per heavy atom. The van der Waals surface area contributed by atoms with Gasteiger partial charge in [0, 0.05) is 6.92 Å². The summed E-state index contributed by atoms with van der Waals surface area (Å²) in [5, 5.41) is 0. The van der Waals surface area contributed by atoms with E-state index < -0.39 is 0 Å². The Morgan fingerprint density at radius 2 is 1.38 bits per heavy atom. The molecular weight excluding hydrogens is 215 g/mol. The SMILES string of the molecule is CC(N)[N+](C)(C)C.[I-]. The highest BCUT2D eigenvalue weighted by Crippen LogP contribution is 1.91. The van der Waals surface area contributed by atoms with Gasteiger partial charge in [-0.25, -0.2) is 0 Å². The summed E-state index contributed by atoms with van der Waals surface area (Å²) in [5.74, 6) is 0. The Kier molecular flexibility index (Phi) is 5.20. The minimum Gasteiger partial charge on any atom is -1.00 e. The third-order valence-electron chi connectivity index (χ3n) is 1.22. The standard InChI is InChI=1S/C5H15N2.HI/c1-5(6)7(2,3)4;/h5H,6H2,1-4H3;1H/q+1;/p-1. The maximum atomic E-state index is 5.54.